The molecule has 1 aliphatic carbocycles. The minimum atomic E-state index is 0.498. The van der Waals surface area contributed by atoms with Crippen LogP contribution in [0.2, 0.25) is 0 Å². The van der Waals surface area contributed by atoms with E-state index in [4.69, 9.17) is 17.2 Å². The van der Waals surface area contributed by atoms with Crippen LogP contribution in [-0.2, 0) is 0 Å². The molecule has 1 saturated heterocycles. The van der Waals surface area contributed by atoms with Crippen LogP contribution < -0.4 is 15.5 Å². The molecule has 1 aromatic rings. The van der Waals surface area contributed by atoms with E-state index >= 15 is 0 Å². The highest BCUT2D eigenvalue weighted by Gasteiger charge is 2.23. The monoisotopic (exact) mass is 347 g/mol. The molecule has 1 aromatic heterocycles. The number of rotatable bonds is 3. The van der Waals surface area contributed by atoms with Crippen molar-refractivity contribution in [3.8, 4) is 0 Å². The first-order valence-electron chi connectivity index (χ1n) is 9.17. The van der Waals surface area contributed by atoms with Crippen molar-refractivity contribution in [2.75, 3.05) is 23.3 Å². The molecule has 2 atom stereocenters. The van der Waals surface area contributed by atoms with Crippen molar-refractivity contribution >= 4 is 29.1 Å². The van der Waals surface area contributed by atoms with E-state index in [0.717, 1.165) is 24.6 Å². The van der Waals surface area contributed by atoms with E-state index in [1.807, 2.05) is 6.92 Å². The summed E-state index contributed by atoms with van der Waals surface area (Å²) in [5, 5.41) is 7.21. The van der Waals surface area contributed by atoms with E-state index in [0.29, 0.717) is 28.9 Å². The summed E-state index contributed by atoms with van der Waals surface area (Å²) in [6, 6.07) is 2.57. The number of piperidine rings is 1. The standard InChI is InChI=1S/C18H29N5S/c1-12-8-13(2)11-23(10-12)16-9-14(3)19-17(21-16)22-18(24)20-15-6-4-5-7-15/h9,12-13,15H,4-8,10-11H2,1-3H3,(H2,19,20,21,22,24). The molecule has 0 aromatic carbocycles. The number of anilines is 2. The van der Waals surface area contributed by atoms with Crippen LogP contribution in [0, 0.1) is 18.8 Å². The molecule has 0 spiro atoms. The molecular weight excluding hydrogens is 318 g/mol. The molecule has 0 radical (unpaired) electrons. The lowest BCUT2D eigenvalue weighted by molar-refractivity contribution is 0.355. The molecule has 132 valence electrons. The van der Waals surface area contributed by atoms with Crippen molar-refractivity contribution in [3.63, 3.8) is 0 Å². The first-order valence-corrected chi connectivity index (χ1v) is 9.58. The van der Waals surface area contributed by atoms with Gasteiger partial charge in [-0.1, -0.05) is 26.7 Å². The first kappa shape index (κ1) is 17.4. The second kappa shape index (κ2) is 7.64. The van der Waals surface area contributed by atoms with Crippen LogP contribution in [0.1, 0.15) is 51.6 Å². The summed E-state index contributed by atoms with van der Waals surface area (Å²) >= 11 is 5.44. The van der Waals surface area contributed by atoms with Crippen molar-refractivity contribution in [3.05, 3.63) is 11.8 Å². The Kier molecular flexibility index (Phi) is 5.54. The van der Waals surface area contributed by atoms with Crippen LogP contribution in [-0.4, -0.2) is 34.2 Å². The topological polar surface area (TPSA) is 53.1 Å². The van der Waals surface area contributed by atoms with Crippen molar-refractivity contribution in [2.24, 2.45) is 11.8 Å². The zero-order valence-electron chi connectivity index (χ0n) is 15.0. The molecule has 6 heteroatoms. The maximum Gasteiger partial charge on any atom is 0.231 e. The van der Waals surface area contributed by atoms with Gasteiger partial charge in [-0.25, -0.2) is 4.98 Å². The van der Waals surface area contributed by atoms with Crippen LogP contribution >= 0.6 is 12.2 Å². The van der Waals surface area contributed by atoms with Crippen LogP contribution in [0.5, 0.6) is 0 Å². The fourth-order valence-electron chi connectivity index (χ4n) is 4.01. The quantitative estimate of drug-likeness (QED) is 0.816. The second-order valence-electron chi connectivity index (χ2n) is 7.62. The Bertz CT molecular complexity index is 575. The number of aromatic nitrogens is 2. The summed E-state index contributed by atoms with van der Waals surface area (Å²) in [6.07, 6.45) is 6.27. The Hall–Kier alpha value is -1.43. The lowest BCUT2D eigenvalue weighted by atomic mass is 9.92. The zero-order chi connectivity index (χ0) is 17.1. The summed E-state index contributed by atoms with van der Waals surface area (Å²) in [4.78, 5) is 11.6. The van der Waals surface area contributed by atoms with Gasteiger partial charge in [-0.05, 0) is 50.2 Å². The van der Waals surface area contributed by atoms with Gasteiger partial charge in [0.15, 0.2) is 5.11 Å². The van der Waals surface area contributed by atoms with E-state index in [1.54, 1.807) is 0 Å². The molecule has 0 amide bonds. The SMILES string of the molecule is Cc1cc(N2CC(C)CC(C)C2)nc(NC(=S)NC2CCCC2)n1. The number of thiocarbonyl (C=S) groups is 1. The van der Waals surface area contributed by atoms with Gasteiger partial charge < -0.3 is 15.5 Å². The van der Waals surface area contributed by atoms with Gasteiger partial charge in [0.05, 0.1) is 0 Å². The van der Waals surface area contributed by atoms with E-state index in [2.05, 4.69) is 40.4 Å². The van der Waals surface area contributed by atoms with Crippen molar-refractivity contribution in [2.45, 2.75) is 58.9 Å². The average molecular weight is 348 g/mol. The predicted octanol–water partition coefficient (Wildman–Crippen LogP) is 3.50. The Balaban J connectivity index is 1.67. The molecule has 2 fully saturated rings. The lowest BCUT2D eigenvalue weighted by Crippen LogP contribution is -2.39. The molecule has 2 heterocycles. The third-order valence-corrected chi connectivity index (χ3v) is 5.17. The van der Waals surface area contributed by atoms with Gasteiger partial charge in [0.1, 0.15) is 5.82 Å². The smallest absolute Gasteiger partial charge is 0.231 e. The van der Waals surface area contributed by atoms with Crippen LogP contribution in [0.4, 0.5) is 11.8 Å². The molecule has 2 N–H and O–H groups in total. The van der Waals surface area contributed by atoms with Gasteiger partial charge in [0, 0.05) is 30.9 Å². The molecule has 1 saturated carbocycles. The largest absolute Gasteiger partial charge is 0.360 e. The molecule has 24 heavy (non-hydrogen) atoms. The van der Waals surface area contributed by atoms with E-state index < -0.39 is 0 Å². The van der Waals surface area contributed by atoms with Crippen molar-refractivity contribution in [1.29, 1.82) is 0 Å². The van der Waals surface area contributed by atoms with Crippen molar-refractivity contribution in [1.82, 2.24) is 15.3 Å². The number of nitrogens with zero attached hydrogens (tertiary/aromatic N) is 3. The number of aryl methyl sites for hydroxylation is 1. The van der Waals surface area contributed by atoms with Crippen LogP contribution in [0.25, 0.3) is 0 Å². The van der Waals surface area contributed by atoms with Gasteiger partial charge in [-0.15, -0.1) is 0 Å². The lowest BCUT2D eigenvalue weighted by Gasteiger charge is -2.36. The normalized spacial score (nSPS) is 24.9. The van der Waals surface area contributed by atoms with Gasteiger partial charge >= 0.3 is 0 Å². The highest BCUT2D eigenvalue weighted by atomic mass is 32.1. The highest BCUT2D eigenvalue weighted by molar-refractivity contribution is 7.80. The highest BCUT2D eigenvalue weighted by Crippen LogP contribution is 2.26. The summed E-state index contributed by atoms with van der Waals surface area (Å²) in [5.74, 6) is 3.01. The molecule has 3 rings (SSSR count). The Labute approximate surface area is 150 Å². The fraction of sp³-hybridized carbons (Fsp3) is 0.722. The Morgan fingerprint density at radius 3 is 2.50 bits per heavy atom. The summed E-state index contributed by atoms with van der Waals surface area (Å²) in [7, 11) is 0. The third kappa shape index (κ3) is 4.56. The second-order valence-corrected chi connectivity index (χ2v) is 8.03. The van der Waals surface area contributed by atoms with E-state index in [1.165, 1.54) is 32.1 Å². The first-order chi connectivity index (χ1) is 11.5. The number of hydrogen-bond donors (Lipinski definition) is 2. The maximum absolute atomic E-state index is 5.44. The Morgan fingerprint density at radius 1 is 1.17 bits per heavy atom. The summed E-state index contributed by atoms with van der Waals surface area (Å²) in [5.41, 5.74) is 0.969. The average Bonchev–Trinajstić information content (AvgIpc) is 2.98. The van der Waals surface area contributed by atoms with E-state index in [-0.39, 0.29) is 0 Å². The summed E-state index contributed by atoms with van der Waals surface area (Å²) in [6.45, 7) is 8.77. The van der Waals surface area contributed by atoms with Crippen LogP contribution in [0.15, 0.2) is 6.07 Å². The van der Waals surface area contributed by atoms with Gasteiger partial charge in [0.2, 0.25) is 5.95 Å². The van der Waals surface area contributed by atoms with Gasteiger partial charge in [0.25, 0.3) is 0 Å². The molecule has 2 aliphatic rings. The minimum absolute atomic E-state index is 0.498. The van der Waals surface area contributed by atoms with E-state index in [9.17, 15) is 0 Å². The molecule has 1 aliphatic heterocycles. The maximum atomic E-state index is 5.44. The van der Waals surface area contributed by atoms with Crippen molar-refractivity contribution < 1.29 is 0 Å². The number of nitrogens with one attached hydrogen (secondary N) is 2. The van der Waals surface area contributed by atoms with Gasteiger partial charge in [-0.2, -0.15) is 4.98 Å². The third-order valence-electron chi connectivity index (χ3n) is 4.95. The molecular formula is C18H29N5S. The Morgan fingerprint density at radius 2 is 1.83 bits per heavy atom. The molecule has 5 nitrogen and oxygen atoms in total. The number of hydrogen-bond acceptors (Lipinski definition) is 4. The fourth-order valence-corrected chi connectivity index (χ4v) is 4.27. The zero-order valence-corrected chi connectivity index (χ0v) is 15.8. The predicted molar refractivity (Wildman–Crippen MR) is 104 cm³/mol. The minimum Gasteiger partial charge on any atom is -0.360 e. The van der Waals surface area contributed by atoms with Crippen LogP contribution in [0.3, 0.4) is 0 Å². The van der Waals surface area contributed by atoms with Gasteiger partial charge in [-0.3, -0.25) is 0 Å². The molecule has 2 unspecified atom stereocenters. The molecule has 0 bridgehead atoms. The summed E-state index contributed by atoms with van der Waals surface area (Å²) < 4.78 is 0.